The molecule has 4 N–H and O–H groups in total. The number of primary amides is 1. The molecule has 2 amide bonds. The Kier molecular flexibility index (Phi) is 3.25. The van der Waals surface area contributed by atoms with Crippen LogP contribution in [0.3, 0.4) is 0 Å². The van der Waals surface area contributed by atoms with E-state index in [0.717, 1.165) is 13.0 Å². The number of nitrogens with two attached hydrogens (primary N) is 2. The number of rotatable bonds is 4. The van der Waals surface area contributed by atoms with Crippen LogP contribution < -0.4 is 11.5 Å². The molecule has 5 heteroatoms. The first kappa shape index (κ1) is 9.98. The molecule has 13 heavy (non-hydrogen) atoms. The first-order valence-electron chi connectivity index (χ1n) is 4.44. The van der Waals surface area contributed by atoms with Gasteiger partial charge in [0.25, 0.3) is 0 Å². The molecule has 74 valence electrons. The molecule has 1 aliphatic rings. The van der Waals surface area contributed by atoms with Crippen LogP contribution in [0.15, 0.2) is 0 Å². The summed E-state index contributed by atoms with van der Waals surface area (Å²) in [7, 11) is 0. The van der Waals surface area contributed by atoms with Gasteiger partial charge in [-0.25, -0.2) is 0 Å². The Morgan fingerprint density at radius 2 is 2.31 bits per heavy atom. The third kappa shape index (κ3) is 2.69. The highest BCUT2D eigenvalue weighted by Crippen LogP contribution is 2.09. The van der Waals surface area contributed by atoms with E-state index in [1.54, 1.807) is 4.90 Å². The molecule has 0 aromatic rings. The Morgan fingerprint density at radius 1 is 1.62 bits per heavy atom. The minimum Gasteiger partial charge on any atom is -0.368 e. The second kappa shape index (κ2) is 4.23. The van der Waals surface area contributed by atoms with Crippen LogP contribution in [0.4, 0.5) is 0 Å². The van der Waals surface area contributed by atoms with Crippen molar-refractivity contribution in [1.29, 1.82) is 0 Å². The zero-order valence-electron chi connectivity index (χ0n) is 7.53. The monoisotopic (exact) mass is 185 g/mol. The molecule has 0 aromatic heterocycles. The Labute approximate surface area is 77.1 Å². The van der Waals surface area contributed by atoms with Crippen LogP contribution in [0.1, 0.15) is 19.3 Å². The van der Waals surface area contributed by atoms with Crippen LogP contribution in [0.5, 0.6) is 0 Å². The molecule has 1 heterocycles. The number of nitrogens with zero attached hydrogens (tertiary/aromatic N) is 1. The Bertz CT molecular complexity index is 217. The third-order valence-electron chi connectivity index (χ3n) is 2.25. The van der Waals surface area contributed by atoms with Crippen molar-refractivity contribution in [3.63, 3.8) is 0 Å². The maximum absolute atomic E-state index is 11.1. The summed E-state index contributed by atoms with van der Waals surface area (Å²) < 4.78 is 0. The van der Waals surface area contributed by atoms with E-state index in [2.05, 4.69) is 0 Å². The van der Waals surface area contributed by atoms with E-state index in [-0.39, 0.29) is 5.91 Å². The van der Waals surface area contributed by atoms with Crippen LogP contribution in [0, 0.1) is 0 Å². The lowest BCUT2D eigenvalue weighted by atomic mass is 10.2. The molecule has 0 spiro atoms. The average molecular weight is 185 g/mol. The van der Waals surface area contributed by atoms with E-state index >= 15 is 0 Å². The van der Waals surface area contributed by atoms with Gasteiger partial charge in [0, 0.05) is 19.5 Å². The fraction of sp³-hybridized carbons (Fsp3) is 0.750. The predicted molar refractivity (Wildman–Crippen MR) is 47.6 cm³/mol. The first-order valence-corrected chi connectivity index (χ1v) is 4.44. The second-order valence-electron chi connectivity index (χ2n) is 3.28. The van der Waals surface area contributed by atoms with E-state index in [4.69, 9.17) is 11.5 Å². The lowest BCUT2D eigenvalue weighted by molar-refractivity contribution is -0.128. The minimum atomic E-state index is -0.631. The predicted octanol–water partition coefficient (Wildman–Crippen LogP) is -1.19. The molecule has 0 aromatic carbocycles. The van der Waals surface area contributed by atoms with Gasteiger partial charge in [-0.05, 0) is 12.8 Å². The second-order valence-corrected chi connectivity index (χ2v) is 3.28. The zero-order chi connectivity index (χ0) is 9.84. The number of amides is 2. The summed E-state index contributed by atoms with van der Waals surface area (Å²) in [5.74, 6) is -0.358. The van der Waals surface area contributed by atoms with Gasteiger partial charge in [-0.1, -0.05) is 0 Å². The van der Waals surface area contributed by atoms with Gasteiger partial charge < -0.3 is 16.4 Å². The van der Waals surface area contributed by atoms with Gasteiger partial charge in [-0.15, -0.1) is 0 Å². The number of likely N-dealkylation sites (tertiary alicyclic amines) is 1. The summed E-state index contributed by atoms with van der Waals surface area (Å²) in [6.45, 7) is 1.33. The maximum Gasteiger partial charge on any atom is 0.234 e. The summed E-state index contributed by atoms with van der Waals surface area (Å²) in [5, 5.41) is 0. The summed E-state index contributed by atoms with van der Waals surface area (Å²) >= 11 is 0. The molecule has 0 radical (unpaired) electrons. The van der Waals surface area contributed by atoms with Gasteiger partial charge >= 0.3 is 0 Å². The van der Waals surface area contributed by atoms with Crippen LogP contribution >= 0.6 is 0 Å². The highest BCUT2D eigenvalue weighted by atomic mass is 16.2. The highest BCUT2D eigenvalue weighted by Gasteiger charge is 2.21. The van der Waals surface area contributed by atoms with Crippen molar-refractivity contribution in [1.82, 2.24) is 4.90 Å². The molecule has 0 saturated carbocycles. The third-order valence-corrected chi connectivity index (χ3v) is 2.25. The molecule has 1 aliphatic heterocycles. The van der Waals surface area contributed by atoms with Gasteiger partial charge in [0.15, 0.2) is 0 Å². The van der Waals surface area contributed by atoms with Crippen LogP contribution in [-0.2, 0) is 9.59 Å². The SMILES string of the molecule is NC(=O)C(N)CCN1CCCC1=O. The van der Waals surface area contributed by atoms with Gasteiger partial charge in [0.1, 0.15) is 0 Å². The number of hydrogen-bond acceptors (Lipinski definition) is 3. The lowest BCUT2D eigenvalue weighted by Gasteiger charge is -2.16. The van der Waals surface area contributed by atoms with Gasteiger partial charge in [-0.3, -0.25) is 9.59 Å². The Morgan fingerprint density at radius 3 is 2.77 bits per heavy atom. The van der Waals surface area contributed by atoms with Crippen LogP contribution in [0.2, 0.25) is 0 Å². The molecule has 1 rings (SSSR count). The molecule has 0 aliphatic carbocycles. The molecule has 1 unspecified atom stereocenters. The van der Waals surface area contributed by atoms with Crippen molar-refractivity contribution in [2.45, 2.75) is 25.3 Å². The number of hydrogen-bond donors (Lipinski definition) is 2. The van der Waals surface area contributed by atoms with Crippen molar-refractivity contribution in [3.8, 4) is 0 Å². The largest absolute Gasteiger partial charge is 0.368 e. The molecule has 1 atom stereocenters. The van der Waals surface area contributed by atoms with E-state index in [0.29, 0.717) is 19.4 Å². The normalized spacial score (nSPS) is 19.2. The lowest BCUT2D eigenvalue weighted by Crippen LogP contribution is -2.39. The van der Waals surface area contributed by atoms with Crippen molar-refractivity contribution < 1.29 is 9.59 Å². The molecule has 1 saturated heterocycles. The number of carbonyl (C=O) groups excluding carboxylic acids is 2. The van der Waals surface area contributed by atoms with E-state index in [1.807, 2.05) is 0 Å². The highest BCUT2D eigenvalue weighted by molar-refractivity contribution is 5.80. The molecule has 5 nitrogen and oxygen atoms in total. The Hall–Kier alpha value is -1.10. The van der Waals surface area contributed by atoms with Crippen molar-refractivity contribution in [2.24, 2.45) is 11.5 Å². The maximum atomic E-state index is 11.1. The van der Waals surface area contributed by atoms with Crippen molar-refractivity contribution >= 4 is 11.8 Å². The van der Waals surface area contributed by atoms with Crippen LogP contribution in [-0.4, -0.2) is 35.8 Å². The topological polar surface area (TPSA) is 89.4 Å². The first-order chi connectivity index (χ1) is 6.11. The minimum absolute atomic E-state index is 0.150. The standard InChI is InChI=1S/C8H15N3O2/c9-6(8(10)13)3-5-11-4-1-2-7(11)12/h6H,1-5,9H2,(H2,10,13). The molecule has 0 bridgehead atoms. The summed E-state index contributed by atoms with van der Waals surface area (Å²) in [5.41, 5.74) is 10.4. The Balaban J connectivity index is 2.25. The number of carbonyl (C=O) groups is 2. The van der Waals surface area contributed by atoms with E-state index in [9.17, 15) is 9.59 Å². The zero-order valence-corrected chi connectivity index (χ0v) is 7.53. The van der Waals surface area contributed by atoms with Gasteiger partial charge in [0.2, 0.25) is 11.8 Å². The molecular formula is C8H15N3O2. The van der Waals surface area contributed by atoms with Crippen LogP contribution in [0.25, 0.3) is 0 Å². The quantitative estimate of drug-likeness (QED) is 0.577. The smallest absolute Gasteiger partial charge is 0.234 e. The van der Waals surface area contributed by atoms with Crippen molar-refractivity contribution in [3.05, 3.63) is 0 Å². The molecular weight excluding hydrogens is 170 g/mol. The van der Waals surface area contributed by atoms with Crippen molar-refractivity contribution in [2.75, 3.05) is 13.1 Å². The van der Waals surface area contributed by atoms with Gasteiger partial charge in [-0.2, -0.15) is 0 Å². The summed E-state index contributed by atoms with van der Waals surface area (Å²) in [6.07, 6.45) is 1.98. The molecule has 1 fully saturated rings. The summed E-state index contributed by atoms with van der Waals surface area (Å²) in [4.78, 5) is 23.4. The fourth-order valence-corrected chi connectivity index (χ4v) is 1.38. The van der Waals surface area contributed by atoms with E-state index in [1.165, 1.54) is 0 Å². The summed E-state index contributed by atoms with van der Waals surface area (Å²) in [6, 6.07) is -0.631. The van der Waals surface area contributed by atoms with E-state index < -0.39 is 11.9 Å². The average Bonchev–Trinajstić information content (AvgIpc) is 2.47. The fourth-order valence-electron chi connectivity index (χ4n) is 1.38. The van der Waals surface area contributed by atoms with Gasteiger partial charge in [0.05, 0.1) is 6.04 Å².